The summed E-state index contributed by atoms with van der Waals surface area (Å²) in [5.74, 6) is 0.740. The summed E-state index contributed by atoms with van der Waals surface area (Å²) in [6.07, 6.45) is 0.993. The molecular weight excluding hydrogens is 290 g/mol. The second-order valence-electron chi connectivity index (χ2n) is 5.90. The Kier molecular flexibility index (Phi) is 4.67. The van der Waals surface area contributed by atoms with E-state index in [1.165, 1.54) is 0 Å². The fourth-order valence-corrected chi connectivity index (χ4v) is 3.00. The zero-order valence-corrected chi connectivity index (χ0v) is 13.5. The first kappa shape index (κ1) is 15.6. The molecule has 2 atom stereocenters. The third-order valence-corrected chi connectivity index (χ3v) is 4.07. The molecule has 0 aliphatic carbocycles. The first-order valence-electron chi connectivity index (χ1n) is 7.90. The molecule has 0 bridgehead atoms. The molecule has 1 aromatic heterocycles. The molecular formula is C18H21N3O2. The van der Waals surface area contributed by atoms with Crippen molar-refractivity contribution in [2.24, 2.45) is 5.92 Å². The van der Waals surface area contributed by atoms with Gasteiger partial charge >= 0.3 is 0 Å². The van der Waals surface area contributed by atoms with Crippen LogP contribution in [-0.4, -0.2) is 29.0 Å². The predicted octanol–water partition coefficient (Wildman–Crippen LogP) is 2.60. The Bertz CT molecular complexity index is 668. The molecule has 5 heteroatoms. The van der Waals surface area contributed by atoms with Crippen LogP contribution in [0.15, 0.2) is 36.4 Å². The van der Waals surface area contributed by atoms with Gasteiger partial charge < -0.3 is 10.1 Å². The minimum absolute atomic E-state index is 0.0466. The van der Waals surface area contributed by atoms with E-state index in [-0.39, 0.29) is 17.9 Å². The molecule has 0 spiro atoms. The van der Waals surface area contributed by atoms with Crippen LogP contribution in [0.1, 0.15) is 40.1 Å². The standard InChI is InChI=1S/C18H21N3O2/c1-12-10-16(21-13(2)20-12)18(22)19-11-15-8-9-23-17(15)14-6-4-3-5-7-14/h3-7,10,15,17H,8-9,11H2,1-2H3,(H,19,22)/t15-,17-/m1/s1. The topological polar surface area (TPSA) is 64.1 Å². The lowest BCUT2D eigenvalue weighted by Gasteiger charge is -2.19. The molecule has 2 heterocycles. The molecule has 3 rings (SSSR count). The van der Waals surface area contributed by atoms with Crippen molar-refractivity contribution in [2.45, 2.75) is 26.4 Å². The molecule has 0 radical (unpaired) electrons. The lowest BCUT2D eigenvalue weighted by atomic mass is 9.95. The molecule has 1 aliphatic rings. The molecule has 0 saturated carbocycles. The number of ether oxygens (including phenoxy) is 1. The molecule has 120 valence electrons. The Morgan fingerprint density at radius 3 is 2.78 bits per heavy atom. The van der Waals surface area contributed by atoms with Gasteiger partial charge in [-0.15, -0.1) is 0 Å². The van der Waals surface area contributed by atoms with Crippen molar-refractivity contribution in [3.63, 3.8) is 0 Å². The van der Waals surface area contributed by atoms with E-state index < -0.39 is 0 Å². The molecule has 2 aromatic rings. The molecule has 5 nitrogen and oxygen atoms in total. The maximum Gasteiger partial charge on any atom is 0.270 e. The van der Waals surface area contributed by atoms with Gasteiger partial charge in [0.25, 0.3) is 5.91 Å². The molecule has 1 saturated heterocycles. The van der Waals surface area contributed by atoms with Crippen LogP contribution in [0.25, 0.3) is 0 Å². The minimum atomic E-state index is -0.155. The van der Waals surface area contributed by atoms with Crippen molar-refractivity contribution >= 4 is 5.91 Å². The number of benzene rings is 1. The first-order valence-corrected chi connectivity index (χ1v) is 7.90. The summed E-state index contributed by atoms with van der Waals surface area (Å²) in [6, 6.07) is 11.9. The monoisotopic (exact) mass is 311 g/mol. The normalized spacial score (nSPS) is 20.4. The van der Waals surface area contributed by atoms with E-state index in [0.717, 1.165) is 24.3 Å². The number of amides is 1. The van der Waals surface area contributed by atoms with Gasteiger partial charge in [-0.1, -0.05) is 30.3 Å². The average Bonchev–Trinajstić information content (AvgIpc) is 3.01. The van der Waals surface area contributed by atoms with Gasteiger partial charge in [0.05, 0.1) is 6.10 Å². The summed E-state index contributed by atoms with van der Waals surface area (Å²) in [5, 5.41) is 2.99. The summed E-state index contributed by atoms with van der Waals surface area (Å²) in [4.78, 5) is 20.7. The SMILES string of the molecule is Cc1cc(C(=O)NC[C@H]2CCO[C@@H]2c2ccccc2)nc(C)n1. The Labute approximate surface area is 136 Å². The van der Waals surface area contributed by atoms with E-state index in [2.05, 4.69) is 27.4 Å². The second kappa shape index (κ2) is 6.87. The third-order valence-electron chi connectivity index (χ3n) is 4.07. The molecule has 0 unspecified atom stereocenters. The van der Waals surface area contributed by atoms with E-state index in [1.54, 1.807) is 13.0 Å². The second-order valence-corrected chi connectivity index (χ2v) is 5.90. The largest absolute Gasteiger partial charge is 0.373 e. The average molecular weight is 311 g/mol. The van der Waals surface area contributed by atoms with Crippen LogP contribution in [0.3, 0.4) is 0 Å². The zero-order valence-electron chi connectivity index (χ0n) is 13.5. The van der Waals surface area contributed by atoms with Crippen LogP contribution >= 0.6 is 0 Å². The van der Waals surface area contributed by atoms with Crippen LogP contribution in [0, 0.1) is 19.8 Å². The predicted molar refractivity (Wildman–Crippen MR) is 87.1 cm³/mol. The Hall–Kier alpha value is -2.27. The minimum Gasteiger partial charge on any atom is -0.373 e. The third kappa shape index (κ3) is 3.74. The van der Waals surface area contributed by atoms with E-state index in [4.69, 9.17) is 4.74 Å². The molecule has 1 N–H and O–H groups in total. The van der Waals surface area contributed by atoms with E-state index in [1.807, 2.05) is 25.1 Å². The lowest BCUT2D eigenvalue weighted by molar-refractivity contribution is 0.0843. The highest BCUT2D eigenvalue weighted by Crippen LogP contribution is 2.33. The number of aryl methyl sites for hydroxylation is 2. The van der Waals surface area contributed by atoms with Crippen LogP contribution in [-0.2, 0) is 4.74 Å². The van der Waals surface area contributed by atoms with Crippen molar-refractivity contribution < 1.29 is 9.53 Å². The number of carbonyl (C=O) groups excluding carboxylic acids is 1. The highest BCUT2D eigenvalue weighted by atomic mass is 16.5. The zero-order chi connectivity index (χ0) is 16.2. The van der Waals surface area contributed by atoms with Crippen molar-refractivity contribution in [3.8, 4) is 0 Å². The Morgan fingerprint density at radius 1 is 1.26 bits per heavy atom. The lowest BCUT2D eigenvalue weighted by Crippen LogP contribution is -2.31. The van der Waals surface area contributed by atoms with Crippen molar-refractivity contribution in [1.82, 2.24) is 15.3 Å². The van der Waals surface area contributed by atoms with Crippen LogP contribution in [0.5, 0.6) is 0 Å². The van der Waals surface area contributed by atoms with E-state index >= 15 is 0 Å². The van der Waals surface area contributed by atoms with Gasteiger partial charge in [0, 0.05) is 24.8 Å². The van der Waals surface area contributed by atoms with Gasteiger partial charge in [0.15, 0.2) is 0 Å². The summed E-state index contributed by atoms with van der Waals surface area (Å²) in [5.41, 5.74) is 2.39. The molecule has 1 aromatic carbocycles. The summed E-state index contributed by atoms with van der Waals surface area (Å²) in [7, 11) is 0. The van der Waals surface area contributed by atoms with Gasteiger partial charge in [-0.2, -0.15) is 0 Å². The number of carbonyl (C=O) groups is 1. The van der Waals surface area contributed by atoms with Crippen molar-refractivity contribution in [3.05, 3.63) is 59.2 Å². The summed E-state index contributed by atoms with van der Waals surface area (Å²) >= 11 is 0. The molecule has 1 amide bonds. The van der Waals surface area contributed by atoms with Gasteiger partial charge in [0.1, 0.15) is 11.5 Å². The summed E-state index contributed by atoms with van der Waals surface area (Å²) < 4.78 is 5.85. The molecule has 1 fully saturated rings. The number of nitrogens with zero attached hydrogens (tertiary/aromatic N) is 2. The highest BCUT2D eigenvalue weighted by molar-refractivity contribution is 5.92. The first-order chi connectivity index (χ1) is 11.1. The highest BCUT2D eigenvalue weighted by Gasteiger charge is 2.29. The maximum absolute atomic E-state index is 12.3. The quantitative estimate of drug-likeness (QED) is 0.942. The fraction of sp³-hybridized carbons (Fsp3) is 0.389. The van der Waals surface area contributed by atoms with E-state index in [9.17, 15) is 4.79 Å². The number of hydrogen-bond donors (Lipinski definition) is 1. The number of nitrogens with one attached hydrogen (secondary N) is 1. The molecule has 1 aliphatic heterocycles. The summed E-state index contributed by atoms with van der Waals surface area (Å²) in [6.45, 7) is 4.97. The van der Waals surface area contributed by atoms with Gasteiger partial charge in [-0.25, -0.2) is 9.97 Å². The van der Waals surface area contributed by atoms with Gasteiger partial charge in [0.2, 0.25) is 0 Å². The number of rotatable bonds is 4. The van der Waals surface area contributed by atoms with Crippen LogP contribution in [0.4, 0.5) is 0 Å². The van der Waals surface area contributed by atoms with E-state index in [0.29, 0.717) is 18.1 Å². The maximum atomic E-state index is 12.3. The van der Waals surface area contributed by atoms with Gasteiger partial charge in [-0.3, -0.25) is 4.79 Å². The van der Waals surface area contributed by atoms with Crippen molar-refractivity contribution in [2.75, 3.05) is 13.2 Å². The van der Waals surface area contributed by atoms with Crippen molar-refractivity contribution in [1.29, 1.82) is 0 Å². The van der Waals surface area contributed by atoms with Gasteiger partial charge in [-0.05, 0) is 31.9 Å². The smallest absolute Gasteiger partial charge is 0.270 e. The Morgan fingerprint density at radius 2 is 2.04 bits per heavy atom. The van der Waals surface area contributed by atoms with Crippen LogP contribution in [0.2, 0.25) is 0 Å². The Balaban J connectivity index is 1.64. The fourth-order valence-electron chi connectivity index (χ4n) is 3.00. The number of aromatic nitrogens is 2. The molecule has 23 heavy (non-hydrogen) atoms. The van der Waals surface area contributed by atoms with Crippen LogP contribution < -0.4 is 5.32 Å². The number of hydrogen-bond acceptors (Lipinski definition) is 4.